The van der Waals surface area contributed by atoms with Crippen LogP contribution in [0.4, 0.5) is 0 Å². The lowest BCUT2D eigenvalue weighted by atomic mass is 10.0. The van der Waals surface area contributed by atoms with Crippen LogP contribution in [0.1, 0.15) is 52.4 Å². The third-order valence-corrected chi connectivity index (χ3v) is 3.15. The molecule has 0 amide bonds. The molecule has 14 heavy (non-hydrogen) atoms. The normalized spacial score (nSPS) is 19.1. The standard InChI is InChI=1S/C12H26N2/c1-12(2,13)8-10-14-9-7-11-5-3-4-6-11/h11,14H,3-10,13H2,1-2H3. The lowest BCUT2D eigenvalue weighted by molar-refractivity contribution is 0.432. The first-order valence-electron chi connectivity index (χ1n) is 6.07. The van der Waals surface area contributed by atoms with Crippen LogP contribution in [0.5, 0.6) is 0 Å². The fourth-order valence-electron chi connectivity index (χ4n) is 2.14. The maximum atomic E-state index is 5.90. The van der Waals surface area contributed by atoms with Gasteiger partial charge in [0.1, 0.15) is 0 Å². The zero-order valence-corrected chi connectivity index (χ0v) is 9.81. The third-order valence-electron chi connectivity index (χ3n) is 3.15. The van der Waals surface area contributed by atoms with E-state index in [1.165, 1.54) is 38.6 Å². The van der Waals surface area contributed by atoms with Crippen LogP contribution in [-0.4, -0.2) is 18.6 Å². The number of hydrogen-bond donors (Lipinski definition) is 2. The predicted molar refractivity (Wildman–Crippen MR) is 62.3 cm³/mol. The Morgan fingerprint density at radius 1 is 1.21 bits per heavy atom. The fourth-order valence-corrected chi connectivity index (χ4v) is 2.14. The summed E-state index contributed by atoms with van der Waals surface area (Å²) in [6.07, 6.45) is 8.28. The van der Waals surface area contributed by atoms with E-state index in [1.54, 1.807) is 0 Å². The highest BCUT2D eigenvalue weighted by atomic mass is 14.9. The molecule has 0 aromatic rings. The van der Waals surface area contributed by atoms with Crippen molar-refractivity contribution in [2.24, 2.45) is 11.7 Å². The summed E-state index contributed by atoms with van der Waals surface area (Å²) in [6.45, 7) is 6.42. The molecule has 1 fully saturated rings. The molecule has 84 valence electrons. The van der Waals surface area contributed by atoms with Gasteiger partial charge in [0.2, 0.25) is 0 Å². The highest BCUT2D eigenvalue weighted by Gasteiger charge is 2.14. The van der Waals surface area contributed by atoms with Crippen molar-refractivity contribution in [3.8, 4) is 0 Å². The first-order valence-corrected chi connectivity index (χ1v) is 6.07. The van der Waals surface area contributed by atoms with E-state index in [0.717, 1.165) is 18.9 Å². The summed E-state index contributed by atoms with van der Waals surface area (Å²) < 4.78 is 0. The molecule has 1 aliphatic rings. The summed E-state index contributed by atoms with van der Waals surface area (Å²) in [4.78, 5) is 0. The van der Waals surface area contributed by atoms with E-state index in [-0.39, 0.29) is 5.54 Å². The molecular weight excluding hydrogens is 172 g/mol. The Morgan fingerprint density at radius 3 is 2.43 bits per heavy atom. The van der Waals surface area contributed by atoms with Crippen LogP contribution in [0.25, 0.3) is 0 Å². The maximum Gasteiger partial charge on any atom is 0.0109 e. The monoisotopic (exact) mass is 198 g/mol. The molecule has 0 saturated heterocycles. The van der Waals surface area contributed by atoms with Gasteiger partial charge in [0.05, 0.1) is 0 Å². The first-order chi connectivity index (χ1) is 6.58. The number of rotatable bonds is 6. The van der Waals surface area contributed by atoms with Crippen LogP contribution < -0.4 is 11.1 Å². The average Bonchev–Trinajstić information content (AvgIpc) is 2.54. The number of hydrogen-bond acceptors (Lipinski definition) is 2. The molecule has 0 aromatic carbocycles. The Kier molecular flexibility index (Phi) is 4.90. The van der Waals surface area contributed by atoms with Gasteiger partial charge in [-0.25, -0.2) is 0 Å². The largest absolute Gasteiger partial charge is 0.326 e. The zero-order chi connectivity index (χ0) is 10.4. The van der Waals surface area contributed by atoms with Gasteiger partial charge < -0.3 is 11.1 Å². The van der Waals surface area contributed by atoms with Gasteiger partial charge >= 0.3 is 0 Å². The molecule has 0 heterocycles. The fraction of sp³-hybridized carbons (Fsp3) is 1.00. The molecule has 0 aliphatic heterocycles. The Balaban J connectivity index is 1.89. The first kappa shape index (κ1) is 12.0. The second kappa shape index (κ2) is 5.72. The summed E-state index contributed by atoms with van der Waals surface area (Å²) in [7, 11) is 0. The van der Waals surface area contributed by atoms with Crippen molar-refractivity contribution in [2.45, 2.75) is 57.9 Å². The van der Waals surface area contributed by atoms with Crippen LogP contribution in [0.2, 0.25) is 0 Å². The van der Waals surface area contributed by atoms with Gasteiger partial charge in [-0.05, 0) is 45.7 Å². The summed E-state index contributed by atoms with van der Waals surface area (Å²) in [5, 5.41) is 3.49. The molecule has 1 saturated carbocycles. The Hall–Kier alpha value is -0.0800. The number of nitrogens with two attached hydrogens (primary N) is 1. The van der Waals surface area contributed by atoms with Gasteiger partial charge in [0.25, 0.3) is 0 Å². The van der Waals surface area contributed by atoms with Gasteiger partial charge in [0.15, 0.2) is 0 Å². The molecule has 0 spiro atoms. The Morgan fingerprint density at radius 2 is 1.86 bits per heavy atom. The lowest BCUT2D eigenvalue weighted by Gasteiger charge is -2.18. The summed E-state index contributed by atoms with van der Waals surface area (Å²) in [5.74, 6) is 1.01. The zero-order valence-electron chi connectivity index (χ0n) is 9.81. The molecule has 0 atom stereocenters. The highest BCUT2D eigenvalue weighted by Crippen LogP contribution is 2.26. The average molecular weight is 198 g/mol. The van der Waals surface area contributed by atoms with Gasteiger partial charge in [-0.15, -0.1) is 0 Å². The van der Waals surface area contributed by atoms with E-state index in [1.807, 2.05) is 0 Å². The van der Waals surface area contributed by atoms with E-state index >= 15 is 0 Å². The second-order valence-corrected chi connectivity index (χ2v) is 5.43. The Labute approximate surface area is 88.6 Å². The van der Waals surface area contributed by atoms with E-state index in [2.05, 4.69) is 19.2 Å². The van der Waals surface area contributed by atoms with Crippen LogP contribution in [0.3, 0.4) is 0 Å². The summed E-state index contributed by atoms with van der Waals surface area (Å²) in [6, 6.07) is 0. The molecule has 0 bridgehead atoms. The topological polar surface area (TPSA) is 38.0 Å². The minimum absolute atomic E-state index is 0.0135. The van der Waals surface area contributed by atoms with Crippen molar-refractivity contribution in [1.82, 2.24) is 5.32 Å². The quantitative estimate of drug-likeness (QED) is 0.643. The Bertz CT molecular complexity index is 143. The van der Waals surface area contributed by atoms with Crippen molar-refractivity contribution in [2.75, 3.05) is 13.1 Å². The molecule has 3 N–H and O–H groups in total. The van der Waals surface area contributed by atoms with Crippen LogP contribution in [-0.2, 0) is 0 Å². The molecule has 2 heteroatoms. The van der Waals surface area contributed by atoms with Crippen molar-refractivity contribution in [3.05, 3.63) is 0 Å². The van der Waals surface area contributed by atoms with Gasteiger partial charge in [-0.1, -0.05) is 25.7 Å². The highest BCUT2D eigenvalue weighted by molar-refractivity contribution is 4.73. The lowest BCUT2D eigenvalue weighted by Crippen LogP contribution is -2.36. The van der Waals surface area contributed by atoms with Crippen LogP contribution in [0, 0.1) is 5.92 Å². The third kappa shape index (κ3) is 5.61. The smallest absolute Gasteiger partial charge is 0.0109 e. The maximum absolute atomic E-state index is 5.90. The SMILES string of the molecule is CC(C)(N)CCNCCC1CCCC1. The summed E-state index contributed by atoms with van der Waals surface area (Å²) in [5.41, 5.74) is 5.89. The van der Waals surface area contributed by atoms with Crippen molar-refractivity contribution < 1.29 is 0 Å². The number of nitrogens with one attached hydrogen (secondary N) is 1. The van der Waals surface area contributed by atoms with E-state index in [4.69, 9.17) is 5.73 Å². The van der Waals surface area contributed by atoms with Gasteiger partial charge in [-0.3, -0.25) is 0 Å². The van der Waals surface area contributed by atoms with Crippen molar-refractivity contribution in [1.29, 1.82) is 0 Å². The minimum Gasteiger partial charge on any atom is -0.326 e. The van der Waals surface area contributed by atoms with E-state index in [9.17, 15) is 0 Å². The molecular formula is C12H26N2. The van der Waals surface area contributed by atoms with Gasteiger partial charge in [0, 0.05) is 5.54 Å². The van der Waals surface area contributed by atoms with E-state index in [0.29, 0.717) is 0 Å². The molecule has 0 radical (unpaired) electrons. The second-order valence-electron chi connectivity index (χ2n) is 5.43. The molecule has 0 aromatic heterocycles. The predicted octanol–water partition coefficient (Wildman–Crippen LogP) is 2.28. The van der Waals surface area contributed by atoms with Crippen molar-refractivity contribution in [3.63, 3.8) is 0 Å². The summed E-state index contributed by atoms with van der Waals surface area (Å²) >= 11 is 0. The molecule has 2 nitrogen and oxygen atoms in total. The molecule has 1 rings (SSSR count). The molecule has 1 aliphatic carbocycles. The minimum atomic E-state index is -0.0135. The van der Waals surface area contributed by atoms with E-state index < -0.39 is 0 Å². The van der Waals surface area contributed by atoms with Crippen LogP contribution >= 0.6 is 0 Å². The van der Waals surface area contributed by atoms with Gasteiger partial charge in [-0.2, -0.15) is 0 Å². The van der Waals surface area contributed by atoms with Crippen LogP contribution in [0.15, 0.2) is 0 Å². The molecule has 0 unspecified atom stereocenters. The van der Waals surface area contributed by atoms with Crippen molar-refractivity contribution >= 4 is 0 Å².